The van der Waals surface area contributed by atoms with E-state index in [9.17, 15) is 0 Å². The summed E-state index contributed by atoms with van der Waals surface area (Å²) in [6.07, 6.45) is 1.24. The molecule has 108 valence electrons. The normalized spacial score (nSPS) is 16.7. The van der Waals surface area contributed by atoms with Gasteiger partial charge >= 0.3 is 0 Å². The van der Waals surface area contributed by atoms with E-state index in [1.807, 2.05) is 18.2 Å². The van der Waals surface area contributed by atoms with Crippen molar-refractivity contribution in [1.82, 2.24) is 10.2 Å². The van der Waals surface area contributed by atoms with Gasteiger partial charge in [-0.2, -0.15) is 0 Å². The molecular formula is C13H19Cl3N2S. The number of thioether (sulfide) groups is 1. The third-order valence-electron chi connectivity index (χ3n) is 2.99. The smallest absolute Gasteiger partial charge is 0.0542 e. The fourth-order valence-corrected chi connectivity index (χ4v) is 3.50. The molecule has 0 aliphatic carbocycles. The van der Waals surface area contributed by atoms with Crippen LogP contribution in [0.15, 0.2) is 23.1 Å². The molecule has 2 rings (SSSR count). The summed E-state index contributed by atoms with van der Waals surface area (Å²) >= 11 is 13.9. The van der Waals surface area contributed by atoms with Gasteiger partial charge in [0.2, 0.25) is 0 Å². The second kappa shape index (κ2) is 9.32. The highest BCUT2D eigenvalue weighted by atomic mass is 35.5. The lowest BCUT2D eigenvalue weighted by Crippen LogP contribution is -2.30. The van der Waals surface area contributed by atoms with E-state index in [-0.39, 0.29) is 12.4 Å². The van der Waals surface area contributed by atoms with Crippen LogP contribution in [0.1, 0.15) is 6.42 Å². The van der Waals surface area contributed by atoms with Crippen LogP contribution >= 0.6 is 47.4 Å². The van der Waals surface area contributed by atoms with Crippen molar-refractivity contribution in [2.45, 2.75) is 11.3 Å². The third kappa shape index (κ3) is 6.11. The molecule has 0 atom stereocenters. The van der Waals surface area contributed by atoms with E-state index in [0.29, 0.717) is 0 Å². The van der Waals surface area contributed by atoms with Crippen molar-refractivity contribution in [3.63, 3.8) is 0 Å². The van der Waals surface area contributed by atoms with Crippen LogP contribution in [0, 0.1) is 0 Å². The highest BCUT2D eigenvalue weighted by Gasteiger charge is 2.09. The van der Waals surface area contributed by atoms with Crippen LogP contribution in [0.25, 0.3) is 0 Å². The van der Waals surface area contributed by atoms with E-state index in [4.69, 9.17) is 23.2 Å². The molecule has 6 heteroatoms. The first-order valence-electron chi connectivity index (χ1n) is 6.26. The first-order chi connectivity index (χ1) is 8.75. The molecule has 1 aliphatic rings. The lowest BCUT2D eigenvalue weighted by atomic mass is 10.4. The van der Waals surface area contributed by atoms with Crippen LogP contribution in [0.2, 0.25) is 10.0 Å². The van der Waals surface area contributed by atoms with Crippen molar-refractivity contribution >= 4 is 47.4 Å². The fourth-order valence-electron chi connectivity index (χ4n) is 2.00. The molecular weight excluding hydrogens is 323 g/mol. The first-order valence-corrected chi connectivity index (χ1v) is 8.01. The summed E-state index contributed by atoms with van der Waals surface area (Å²) in [6, 6.07) is 5.63. The minimum atomic E-state index is 0. The maximum Gasteiger partial charge on any atom is 0.0542 e. The second-order valence-corrected chi connectivity index (χ2v) is 6.35. The topological polar surface area (TPSA) is 15.3 Å². The van der Waals surface area contributed by atoms with Gasteiger partial charge in [0, 0.05) is 35.3 Å². The quantitative estimate of drug-likeness (QED) is 0.839. The molecule has 0 spiro atoms. The van der Waals surface area contributed by atoms with Gasteiger partial charge in [-0.3, -0.25) is 0 Å². The summed E-state index contributed by atoms with van der Waals surface area (Å²) in [7, 11) is 0. The van der Waals surface area contributed by atoms with Crippen LogP contribution in [0.4, 0.5) is 0 Å². The molecule has 0 amide bonds. The summed E-state index contributed by atoms with van der Waals surface area (Å²) in [5.41, 5.74) is 0. The lowest BCUT2D eigenvalue weighted by molar-refractivity contribution is 0.311. The number of rotatable bonds is 4. The molecule has 1 saturated heterocycles. The van der Waals surface area contributed by atoms with Crippen molar-refractivity contribution in [3.8, 4) is 0 Å². The molecule has 1 aliphatic heterocycles. The Kier molecular flexibility index (Phi) is 8.54. The standard InChI is InChI=1S/C13H18Cl2N2S.ClH/c14-11-2-3-12(15)13(10-11)18-9-8-17-6-1-4-16-5-7-17;/h2-3,10,16H,1,4-9H2;1H. The van der Waals surface area contributed by atoms with E-state index in [2.05, 4.69) is 10.2 Å². The third-order valence-corrected chi connectivity index (χ3v) is 4.70. The van der Waals surface area contributed by atoms with Crippen molar-refractivity contribution in [1.29, 1.82) is 0 Å². The van der Waals surface area contributed by atoms with Gasteiger partial charge < -0.3 is 10.2 Å². The van der Waals surface area contributed by atoms with E-state index in [0.717, 1.165) is 46.9 Å². The minimum Gasteiger partial charge on any atom is -0.315 e. The van der Waals surface area contributed by atoms with Gasteiger partial charge in [0.05, 0.1) is 5.02 Å². The van der Waals surface area contributed by atoms with Crippen LogP contribution in [-0.2, 0) is 0 Å². The monoisotopic (exact) mass is 340 g/mol. The van der Waals surface area contributed by atoms with Crippen molar-refractivity contribution < 1.29 is 0 Å². The van der Waals surface area contributed by atoms with Gasteiger partial charge in [-0.15, -0.1) is 24.2 Å². The molecule has 2 nitrogen and oxygen atoms in total. The lowest BCUT2D eigenvalue weighted by Gasteiger charge is -2.18. The molecule has 0 bridgehead atoms. The Hall–Kier alpha value is 0.360. The average Bonchev–Trinajstić information content (AvgIpc) is 2.62. The maximum atomic E-state index is 6.14. The van der Waals surface area contributed by atoms with Gasteiger partial charge in [0.15, 0.2) is 0 Å². The van der Waals surface area contributed by atoms with Crippen LogP contribution in [0.3, 0.4) is 0 Å². The van der Waals surface area contributed by atoms with Gasteiger partial charge in [-0.25, -0.2) is 0 Å². The van der Waals surface area contributed by atoms with Crippen molar-refractivity contribution in [2.24, 2.45) is 0 Å². The fraction of sp³-hybridized carbons (Fsp3) is 0.538. The predicted octanol–water partition coefficient (Wildman–Crippen LogP) is 3.80. The van der Waals surface area contributed by atoms with Gasteiger partial charge in [0.1, 0.15) is 0 Å². The molecule has 0 radical (unpaired) electrons. The maximum absolute atomic E-state index is 6.14. The number of nitrogens with zero attached hydrogens (tertiary/aromatic N) is 1. The highest BCUT2D eigenvalue weighted by Crippen LogP contribution is 2.29. The van der Waals surface area contributed by atoms with Crippen molar-refractivity contribution in [3.05, 3.63) is 28.2 Å². The number of halogens is 3. The van der Waals surface area contributed by atoms with Crippen LogP contribution in [-0.4, -0.2) is 43.4 Å². The second-order valence-electron chi connectivity index (χ2n) is 4.37. The Labute approximate surface area is 135 Å². The molecule has 1 heterocycles. The molecule has 1 fully saturated rings. The highest BCUT2D eigenvalue weighted by molar-refractivity contribution is 7.99. The Morgan fingerprint density at radius 1 is 1.21 bits per heavy atom. The van der Waals surface area contributed by atoms with E-state index in [1.165, 1.54) is 13.0 Å². The minimum absolute atomic E-state index is 0. The summed E-state index contributed by atoms with van der Waals surface area (Å²) in [6.45, 7) is 5.68. The Morgan fingerprint density at radius 3 is 2.89 bits per heavy atom. The summed E-state index contributed by atoms with van der Waals surface area (Å²) in [5.74, 6) is 1.06. The number of nitrogens with one attached hydrogen (secondary N) is 1. The predicted molar refractivity (Wildman–Crippen MR) is 88.4 cm³/mol. The largest absolute Gasteiger partial charge is 0.315 e. The van der Waals surface area contributed by atoms with Crippen molar-refractivity contribution in [2.75, 3.05) is 38.5 Å². The van der Waals surface area contributed by atoms with Crippen LogP contribution in [0.5, 0.6) is 0 Å². The number of hydrogen-bond acceptors (Lipinski definition) is 3. The first kappa shape index (κ1) is 17.4. The summed E-state index contributed by atoms with van der Waals surface area (Å²) in [4.78, 5) is 3.59. The Morgan fingerprint density at radius 2 is 2.05 bits per heavy atom. The zero-order chi connectivity index (χ0) is 12.8. The zero-order valence-electron chi connectivity index (χ0n) is 10.7. The van der Waals surface area contributed by atoms with Gasteiger partial charge in [0.25, 0.3) is 0 Å². The number of hydrogen-bond donors (Lipinski definition) is 1. The molecule has 1 N–H and O–H groups in total. The Balaban J connectivity index is 0.00000180. The Bertz CT molecular complexity index is 382. The average molecular weight is 342 g/mol. The van der Waals surface area contributed by atoms with E-state index >= 15 is 0 Å². The summed E-state index contributed by atoms with van der Waals surface area (Å²) < 4.78 is 0. The van der Waals surface area contributed by atoms with E-state index in [1.54, 1.807) is 11.8 Å². The molecule has 0 unspecified atom stereocenters. The zero-order valence-corrected chi connectivity index (χ0v) is 13.8. The molecule has 0 aromatic heterocycles. The summed E-state index contributed by atoms with van der Waals surface area (Å²) in [5, 5.41) is 4.96. The van der Waals surface area contributed by atoms with E-state index < -0.39 is 0 Å². The number of benzene rings is 1. The van der Waals surface area contributed by atoms with Gasteiger partial charge in [-0.05, 0) is 37.7 Å². The van der Waals surface area contributed by atoms with Crippen LogP contribution < -0.4 is 5.32 Å². The molecule has 19 heavy (non-hydrogen) atoms. The van der Waals surface area contributed by atoms with Gasteiger partial charge in [-0.1, -0.05) is 23.2 Å². The molecule has 1 aromatic carbocycles. The molecule has 1 aromatic rings. The molecule has 0 saturated carbocycles. The SMILES string of the molecule is Cl.Clc1ccc(Cl)c(SCCN2CCCNCC2)c1.